The Morgan fingerprint density at radius 3 is 1.94 bits per heavy atom. The summed E-state index contributed by atoms with van der Waals surface area (Å²) in [5, 5.41) is 18.1. The van der Waals surface area contributed by atoms with E-state index in [4.69, 9.17) is 29.8 Å². The number of rotatable bonds is 13. The summed E-state index contributed by atoms with van der Waals surface area (Å²) in [6.07, 6.45) is 11.9. The van der Waals surface area contributed by atoms with E-state index in [0.717, 1.165) is 71.4 Å². The highest BCUT2D eigenvalue weighted by Crippen LogP contribution is 2.25. The van der Waals surface area contributed by atoms with Crippen LogP contribution in [-0.2, 0) is 9.59 Å². The molecule has 364 valence electrons. The van der Waals surface area contributed by atoms with Crippen molar-refractivity contribution < 1.29 is 33.6 Å². The van der Waals surface area contributed by atoms with Gasteiger partial charge in [-0.15, -0.1) is 12.4 Å². The minimum atomic E-state index is -0.786. The van der Waals surface area contributed by atoms with Crippen LogP contribution in [-0.4, -0.2) is 95.5 Å². The maximum atomic E-state index is 12.0. The summed E-state index contributed by atoms with van der Waals surface area (Å²) in [5.74, 6) is 3.27. The molecule has 6 N–H and O–H groups in total. The molecule has 0 fully saturated rings. The van der Waals surface area contributed by atoms with E-state index in [1.807, 2.05) is 106 Å². The van der Waals surface area contributed by atoms with Crippen molar-refractivity contribution >= 4 is 69.9 Å². The van der Waals surface area contributed by atoms with Gasteiger partial charge in [-0.25, -0.2) is 19.9 Å². The number of ether oxygens (including phenoxy) is 4. The molecular formula is C50H55ClN12O7. The lowest BCUT2D eigenvalue weighted by Crippen LogP contribution is -2.25. The fourth-order valence-corrected chi connectivity index (χ4v) is 7.05. The number of nitrogens with zero attached hydrogens (tertiary/aromatic N) is 8. The third-order valence-corrected chi connectivity index (χ3v) is 10.7. The van der Waals surface area contributed by atoms with Crippen LogP contribution in [0.25, 0.3) is 33.7 Å². The molecule has 3 aliphatic heterocycles. The predicted octanol–water partition coefficient (Wildman–Crippen LogP) is 8.35. The van der Waals surface area contributed by atoms with Gasteiger partial charge in [-0.1, -0.05) is 0 Å². The number of nitrogens with one attached hydrogen (secondary N) is 3. The Morgan fingerprint density at radius 1 is 0.700 bits per heavy atom. The maximum absolute atomic E-state index is 12.0. The molecule has 0 unspecified atom stereocenters. The molecular weight excluding hydrogens is 916 g/mol. The molecule has 0 saturated heterocycles. The third-order valence-electron chi connectivity index (χ3n) is 10.7. The Balaban J connectivity index is 0.000000203. The summed E-state index contributed by atoms with van der Waals surface area (Å²) in [4.78, 5) is 49.5. The van der Waals surface area contributed by atoms with Gasteiger partial charge in [-0.3, -0.25) is 18.7 Å². The first-order valence-electron chi connectivity index (χ1n) is 22.9. The third kappa shape index (κ3) is 14.3. The van der Waals surface area contributed by atoms with Crippen LogP contribution in [0.2, 0.25) is 0 Å². The van der Waals surface area contributed by atoms with Crippen LogP contribution in [0, 0.1) is 0 Å². The predicted molar refractivity (Wildman–Crippen MR) is 269 cm³/mol. The summed E-state index contributed by atoms with van der Waals surface area (Å²) >= 11 is 0. The summed E-state index contributed by atoms with van der Waals surface area (Å²) in [6.45, 7) is 3.36. The van der Waals surface area contributed by atoms with Crippen LogP contribution in [0.4, 0.5) is 23.3 Å². The summed E-state index contributed by atoms with van der Waals surface area (Å²) in [7, 11) is 0. The second kappa shape index (κ2) is 25.4. The van der Waals surface area contributed by atoms with Gasteiger partial charge in [-0.2, -0.15) is 9.97 Å². The number of halogens is 1. The van der Waals surface area contributed by atoms with Crippen molar-refractivity contribution in [1.29, 1.82) is 0 Å². The monoisotopic (exact) mass is 970 g/mol. The van der Waals surface area contributed by atoms with Crippen molar-refractivity contribution in [2.75, 3.05) is 50.2 Å². The molecule has 0 atom stereocenters. The molecule has 0 spiro atoms. The van der Waals surface area contributed by atoms with Crippen molar-refractivity contribution in [3.8, 4) is 34.4 Å². The lowest BCUT2D eigenvalue weighted by Gasteiger charge is -2.10. The van der Waals surface area contributed by atoms with Crippen molar-refractivity contribution in [3.63, 3.8) is 0 Å². The van der Waals surface area contributed by atoms with Gasteiger partial charge in [0, 0.05) is 42.1 Å². The number of imidazole rings is 2. The molecule has 3 aliphatic rings. The van der Waals surface area contributed by atoms with Gasteiger partial charge >= 0.3 is 5.97 Å². The fourth-order valence-electron chi connectivity index (χ4n) is 7.05. The van der Waals surface area contributed by atoms with Gasteiger partial charge in [0.05, 0.1) is 38.8 Å². The Morgan fingerprint density at radius 2 is 1.29 bits per heavy atom. The molecule has 4 aromatic carbocycles. The van der Waals surface area contributed by atoms with Gasteiger partial charge in [0.1, 0.15) is 46.7 Å². The van der Waals surface area contributed by atoms with Crippen LogP contribution < -0.4 is 40.6 Å². The highest BCUT2D eigenvalue weighted by atomic mass is 35.5. The number of carbonyl (C=O) groups is 2. The average molecular weight is 972 g/mol. The molecule has 20 heteroatoms. The molecule has 19 nitrogen and oxygen atoms in total. The number of carboxylic acids is 1. The Kier molecular flexibility index (Phi) is 18.1. The number of aliphatic carboxylic acids is 1. The van der Waals surface area contributed by atoms with E-state index >= 15 is 0 Å². The number of anilines is 4. The van der Waals surface area contributed by atoms with Crippen molar-refractivity contribution in [3.05, 3.63) is 122 Å². The summed E-state index contributed by atoms with van der Waals surface area (Å²) in [6, 6.07) is 30.6. The summed E-state index contributed by atoms with van der Waals surface area (Å²) < 4.78 is 26.7. The number of nitrogens with two attached hydrogens (primary N) is 1. The normalized spacial score (nSPS) is 12.8. The zero-order valence-corrected chi connectivity index (χ0v) is 39.2. The molecule has 70 heavy (non-hydrogen) atoms. The Hall–Kier alpha value is -8.03. The number of unbranched alkanes of at least 4 members (excludes halogenated alkanes) is 1. The van der Waals surface area contributed by atoms with E-state index in [1.165, 1.54) is 0 Å². The number of carbonyl (C=O) groups excluding carboxylic acids is 1. The van der Waals surface area contributed by atoms with Gasteiger partial charge in [0.2, 0.25) is 17.8 Å². The second-order valence-corrected chi connectivity index (χ2v) is 15.9. The SMILES string of the molecule is Cl.NCCCOc1ccc(Nc2ncc3ncn(-c4ccc(OCCCCC(=O)O)cc4)c3n2)cc1.O=C1CCCCOc2ccc(cc2)-n2cnc3cnc(nc32)Nc2ccc(cc2)OCCCN1. The first kappa shape index (κ1) is 49.9. The summed E-state index contributed by atoms with van der Waals surface area (Å²) in [5.41, 5.74) is 11.8. The van der Waals surface area contributed by atoms with E-state index in [-0.39, 0.29) is 24.7 Å². The molecule has 0 radical (unpaired) electrons. The minimum absolute atomic E-state index is 0. The van der Waals surface area contributed by atoms with Crippen LogP contribution in [0.15, 0.2) is 122 Å². The minimum Gasteiger partial charge on any atom is -0.494 e. The van der Waals surface area contributed by atoms with Gasteiger partial charge < -0.3 is 45.7 Å². The van der Waals surface area contributed by atoms with E-state index < -0.39 is 5.97 Å². The molecule has 4 aromatic heterocycles. The highest BCUT2D eigenvalue weighted by molar-refractivity contribution is 5.85. The zero-order valence-electron chi connectivity index (χ0n) is 38.4. The van der Waals surface area contributed by atoms with Crippen molar-refractivity contribution in [2.45, 2.75) is 51.4 Å². The first-order valence-corrected chi connectivity index (χ1v) is 22.9. The Labute approximate surface area is 410 Å². The molecule has 11 rings (SSSR count). The molecule has 0 aliphatic carbocycles. The van der Waals surface area contributed by atoms with Gasteiger partial charge in [0.25, 0.3) is 0 Å². The highest BCUT2D eigenvalue weighted by Gasteiger charge is 2.12. The van der Waals surface area contributed by atoms with E-state index in [1.54, 1.807) is 25.0 Å². The zero-order chi connectivity index (χ0) is 47.6. The number of fused-ring (bicyclic) bond motifs is 3. The largest absolute Gasteiger partial charge is 0.494 e. The van der Waals surface area contributed by atoms with E-state index in [0.29, 0.717) is 93.0 Å². The smallest absolute Gasteiger partial charge is 0.303 e. The number of amides is 1. The lowest BCUT2D eigenvalue weighted by molar-refractivity contribution is -0.137. The lowest BCUT2D eigenvalue weighted by atomic mass is 10.2. The molecule has 1 amide bonds. The maximum Gasteiger partial charge on any atom is 0.303 e. The van der Waals surface area contributed by atoms with Crippen LogP contribution in [0.1, 0.15) is 51.4 Å². The first-order chi connectivity index (χ1) is 33.9. The number of hydrogen-bond acceptors (Lipinski definition) is 15. The van der Waals surface area contributed by atoms with Gasteiger partial charge in [-0.05, 0) is 142 Å². The molecule has 8 aromatic rings. The molecule has 6 bridgehead atoms. The number of carboxylic acid groups (broad SMARTS) is 1. The van der Waals surface area contributed by atoms with Crippen molar-refractivity contribution in [2.24, 2.45) is 5.73 Å². The van der Waals surface area contributed by atoms with E-state index in [9.17, 15) is 9.59 Å². The van der Waals surface area contributed by atoms with Gasteiger partial charge in [0.15, 0.2) is 11.3 Å². The number of benzene rings is 4. The molecule has 7 heterocycles. The quantitative estimate of drug-likeness (QED) is 0.0682. The topological polar surface area (TPSA) is 241 Å². The van der Waals surface area contributed by atoms with Crippen LogP contribution in [0.3, 0.4) is 0 Å². The number of aromatic nitrogens is 8. The van der Waals surface area contributed by atoms with Crippen LogP contribution >= 0.6 is 12.4 Å². The van der Waals surface area contributed by atoms with Crippen molar-refractivity contribution in [1.82, 2.24) is 44.4 Å². The fraction of sp³-hybridized carbons (Fsp3) is 0.280. The van der Waals surface area contributed by atoms with Crippen LogP contribution in [0.5, 0.6) is 23.0 Å². The second-order valence-electron chi connectivity index (χ2n) is 15.9. The molecule has 0 saturated carbocycles. The number of hydrogen-bond donors (Lipinski definition) is 5. The Bertz CT molecular complexity index is 2900. The standard InChI is InChI=1S/C25H28N6O4.C25H26N6O3.ClH/c26-13-3-15-35-20-9-5-18(6-10-20)29-25-27-16-22-24(30-25)31(17-28-22)19-7-11-21(12-8-19)34-14-2-1-4-23(32)33;32-23-4-1-2-14-33-21-11-7-19(8-12-21)31-17-28-22-16-27-25(30-24(22)31)29-18-5-9-20(10-6-18)34-15-3-13-26-23;/h5-12,16-17H,1-4,13-15,26H2,(H,32,33)(H,27,29,30);5-12,16-17H,1-4,13-15H2,(H,26,32)(H,27,29,30);1H. The van der Waals surface area contributed by atoms with E-state index in [2.05, 4.69) is 45.9 Å². The average Bonchev–Trinajstić information content (AvgIpc) is 3.99.